The number of carbonyl (C=O) groups is 6. The van der Waals surface area contributed by atoms with Crippen molar-refractivity contribution < 1.29 is 33.9 Å². The number of thiol groups is 1. The number of hydrogen-bond donors (Lipinski definition) is 8. The summed E-state index contributed by atoms with van der Waals surface area (Å²) in [7, 11) is 3.28. The fourth-order valence-electron chi connectivity index (χ4n) is 3.54. The summed E-state index contributed by atoms with van der Waals surface area (Å²) in [5.74, 6) is -4.24. The first-order valence-electron chi connectivity index (χ1n) is 12.5. The van der Waals surface area contributed by atoms with Gasteiger partial charge >= 0.3 is 5.97 Å². The van der Waals surface area contributed by atoms with Crippen LogP contribution in [0.25, 0.3) is 0 Å². The maximum atomic E-state index is 13.3. The molecule has 7 N–H and O–H groups in total. The molecule has 0 aromatic heterocycles. The number of amides is 4. The van der Waals surface area contributed by atoms with Crippen molar-refractivity contribution in [3.63, 3.8) is 0 Å². The van der Waals surface area contributed by atoms with Crippen LogP contribution in [0.4, 0.5) is 0 Å². The molecule has 0 bridgehead atoms. The van der Waals surface area contributed by atoms with Gasteiger partial charge in [-0.15, -0.1) is 0 Å². The van der Waals surface area contributed by atoms with Gasteiger partial charge in [0, 0.05) is 12.2 Å². The lowest BCUT2D eigenvalue weighted by molar-refractivity contribution is -0.141. The van der Waals surface area contributed by atoms with Crippen molar-refractivity contribution >= 4 is 48.5 Å². The van der Waals surface area contributed by atoms with Gasteiger partial charge in [-0.3, -0.25) is 24.0 Å². The minimum absolute atomic E-state index is 0.0184. The second-order valence-electron chi connectivity index (χ2n) is 8.74. The third-order valence-electron chi connectivity index (χ3n) is 5.53. The molecule has 216 valence electrons. The van der Waals surface area contributed by atoms with E-state index in [1.165, 1.54) is 7.05 Å². The number of aliphatic carboxylic acids is 1. The predicted octanol–water partition coefficient (Wildman–Crippen LogP) is -2.01. The maximum absolute atomic E-state index is 13.3. The number of aldehydes is 1. The van der Waals surface area contributed by atoms with Crippen LogP contribution in [0.5, 0.6) is 0 Å². The zero-order valence-corrected chi connectivity index (χ0v) is 23.0. The summed E-state index contributed by atoms with van der Waals surface area (Å²) in [4.78, 5) is 73.7. The van der Waals surface area contributed by atoms with E-state index >= 15 is 0 Å². The highest BCUT2D eigenvalue weighted by Crippen LogP contribution is 2.06. The monoisotopic (exact) mass is 566 g/mol. The van der Waals surface area contributed by atoms with Crippen molar-refractivity contribution in [3.8, 4) is 0 Å². The largest absolute Gasteiger partial charge is 0.481 e. The Bertz CT molecular complexity index is 965. The number of likely N-dealkylation sites (N-methyl/N-ethyl adjacent to an activating group) is 1. The van der Waals surface area contributed by atoms with Crippen LogP contribution in [0, 0.1) is 0 Å². The molecule has 0 aliphatic heterocycles. The summed E-state index contributed by atoms with van der Waals surface area (Å²) in [6.07, 6.45) is 0.980. The molecule has 4 atom stereocenters. The molecule has 0 heterocycles. The Hall–Kier alpha value is -3.49. The van der Waals surface area contributed by atoms with E-state index in [0.29, 0.717) is 31.2 Å². The third-order valence-corrected chi connectivity index (χ3v) is 5.90. The van der Waals surface area contributed by atoms with Crippen LogP contribution in [0.2, 0.25) is 0 Å². The second-order valence-corrected chi connectivity index (χ2v) is 9.11. The Labute approximate surface area is 233 Å². The SMILES string of the molecule is CNCCCC(C=O)NC(=O)C(CS)NC(=O)[C@@H](Cc1ccccc1)NC(=O)C(CC(=O)O)NC(=O)CNC. The zero-order chi connectivity index (χ0) is 29.2. The molecule has 39 heavy (non-hydrogen) atoms. The molecule has 1 rings (SSSR count). The van der Waals surface area contributed by atoms with E-state index in [2.05, 4.69) is 44.5 Å². The highest BCUT2D eigenvalue weighted by Gasteiger charge is 2.31. The molecule has 0 radical (unpaired) electrons. The van der Waals surface area contributed by atoms with Crippen molar-refractivity contribution in [1.29, 1.82) is 0 Å². The van der Waals surface area contributed by atoms with Crippen molar-refractivity contribution in [1.82, 2.24) is 31.9 Å². The van der Waals surface area contributed by atoms with Crippen molar-refractivity contribution in [2.75, 3.05) is 32.9 Å². The number of carboxylic acids is 1. The number of carbonyl (C=O) groups excluding carboxylic acids is 5. The first kappa shape index (κ1) is 33.5. The first-order valence-corrected chi connectivity index (χ1v) is 13.1. The van der Waals surface area contributed by atoms with Gasteiger partial charge < -0.3 is 41.8 Å². The van der Waals surface area contributed by atoms with E-state index in [9.17, 15) is 33.9 Å². The lowest BCUT2D eigenvalue weighted by atomic mass is 10.0. The van der Waals surface area contributed by atoms with Crippen LogP contribution in [-0.4, -0.2) is 98.1 Å². The lowest BCUT2D eigenvalue weighted by Gasteiger charge is -2.25. The van der Waals surface area contributed by atoms with E-state index in [4.69, 9.17) is 0 Å². The molecule has 14 heteroatoms. The highest BCUT2D eigenvalue weighted by molar-refractivity contribution is 7.80. The fraction of sp³-hybridized carbons (Fsp3) is 0.520. The van der Waals surface area contributed by atoms with Gasteiger partial charge in [0.25, 0.3) is 0 Å². The minimum Gasteiger partial charge on any atom is -0.481 e. The number of benzene rings is 1. The third kappa shape index (κ3) is 13.2. The minimum atomic E-state index is -1.44. The first-order chi connectivity index (χ1) is 18.6. The fourth-order valence-corrected chi connectivity index (χ4v) is 3.80. The number of rotatable bonds is 19. The Balaban J connectivity index is 3.06. The van der Waals surface area contributed by atoms with Crippen molar-refractivity contribution in [3.05, 3.63) is 35.9 Å². The molecule has 0 aliphatic rings. The Morgan fingerprint density at radius 2 is 1.49 bits per heavy atom. The molecule has 0 saturated carbocycles. The van der Waals surface area contributed by atoms with Crippen LogP contribution in [0.1, 0.15) is 24.8 Å². The standard InChI is InChI=1S/C25H38N6O7S/c1-26-10-6-9-17(14-32)28-25(38)20(15-39)31-23(36)18(11-16-7-4-3-5-8-16)30-24(37)19(12-22(34)35)29-21(33)13-27-2/h3-5,7-8,14,17-20,26-27,39H,6,9-13,15H2,1-2H3,(H,28,38)(H,29,33)(H,30,37)(H,31,36)(H,34,35)/t17?,18-,19?,20?/m1/s1. The van der Waals surface area contributed by atoms with Crippen molar-refractivity contribution in [2.24, 2.45) is 0 Å². The molecule has 0 fully saturated rings. The molecule has 4 amide bonds. The number of hydrogen-bond acceptors (Lipinski definition) is 9. The maximum Gasteiger partial charge on any atom is 0.305 e. The summed E-state index contributed by atoms with van der Waals surface area (Å²) in [6.45, 7) is 0.513. The van der Waals surface area contributed by atoms with Crippen LogP contribution in [-0.2, 0) is 35.2 Å². The average molecular weight is 567 g/mol. The van der Waals surface area contributed by atoms with Crippen molar-refractivity contribution in [2.45, 2.75) is 49.9 Å². The normalized spacial score (nSPS) is 13.7. The summed E-state index contributed by atoms with van der Waals surface area (Å²) in [5, 5.41) is 24.7. The van der Waals surface area contributed by atoms with E-state index in [1.54, 1.807) is 37.4 Å². The molecular formula is C25H38N6O7S. The van der Waals surface area contributed by atoms with Crippen LogP contribution in [0.15, 0.2) is 30.3 Å². The van der Waals surface area contributed by atoms with E-state index in [-0.39, 0.29) is 18.7 Å². The smallest absolute Gasteiger partial charge is 0.305 e. The van der Waals surface area contributed by atoms with Gasteiger partial charge in [0.05, 0.1) is 19.0 Å². The van der Waals surface area contributed by atoms with Gasteiger partial charge in [0.2, 0.25) is 23.6 Å². The summed E-state index contributed by atoms with van der Waals surface area (Å²) >= 11 is 4.15. The molecule has 0 spiro atoms. The Morgan fingerprint density at radius 3 is 2.05 bits per heavy atom. The quantitative estimate of drug-likeness (QED) is 0.0530. The van der Waals surface area contributed by atoms with Gasteiger partial charge in [-0.2, -0.15) is 12.6 Å². The van der Waals surface area contributed by atoms with Gasteiger partial charge in [-0.25, -0.2) is 0 Å². The Kier molecular flexibility index (Phi) is 16.1. The van der Waals surface area contributed by atoms with Crippen LogP contribution < -0.4 is 31.9 Å². The summed E-state index contributed by atoms with van der Waals surface area (Å²) in [5.41, 5.74) is 0.685. The van der Waals surface area contributed by atoms with Gasteiger partial charge in [0.15, 0.2) is 0 Å². The van der Waals surface area contributed by atoms with E-state index < -0.39 is 60.2 Å². The summed E-state index contributed by atoms with van der Waals surface area (Å²) in [6, 6.07) is 4.21. The highest BCUT2D eigenvalue weighted by atomic mass is 32.1. The molecule has 1 aromatic carbocycles. The number of nitrogens with one attached hydrogen (secondary N) is 6. The summed E-state index contributed by atoms with van der Waals surface area (Å²) < 4.78 is 0. The average Bonchev–Trinajstić information content (AvgIpc) is 2.90. The molecule has 0 aliphatic carbocycles. The van der Waals surface area contributed by atoms with Gasteiger partial charge in [0.1, 0.15) is 24.4 Å². The molecule has 13 nitrogen and oxygen atoms in total. The van der Waals surface area contributed by atoms with Crippen LogP contribution >= 0.6 is 12.6 Å². The van der Waals surface area contributed by atoms with E-state index in [0.717, 1.165) is 0 Å². The van der Waals surface area contributed by atoms with Gasteiger partial charge in [-0.05, 0) is 39.0 Å². The van der Waals surface area contributed by atoms with Gasteiger partial charge in [-0.1, -0.05) is 30.3 Å². The molecule has 0 saturated heterocycles. The Morgan fingerprint density at radius 1 is 0.872 bits per heavy atom. The predicted molar refractivity (Wildman–Crippen MR) is 147 cm³/mol. The molecular weight excluding hydrogens is 528 g/mol. The molecule has 3 unspecified atom stereocenters. The molecule has 1 aromatic rings. The number of carboxylic acid groups (broad SMARTS) is 1. The lowest BCUT2D eigenvalue weighted by Crippen LogP contribution is -2.58. The van der Waals surface area contributed by atoms with Crippen LogP contribution in [0.3, 0.4) is 0 Å². The topological polar surface area (TPSA) is 195 Å². The second kappa shape index (κ2) is 18.7. The van der Waals surface area contributed by atoms with E-state index in [1.807, 2.05) is 0 Å². The zero-order valence-electron chi connectivity index (χ0n) is 22.1.